The summed E-state index contributed by atoms with van der Waals surface area (Å²) in [5, 5.41) is 32.5. The average Bonchev–Trinajstić information content (AvgIpc) is 1.84. The average molecular weight is 237 g/mol. The second-order valence-corrected chi connectivity index (χ2v) is 1.57. The number of carbonyl (C=O) groups is 2. The molecule has 60 valence electrons. The van der Waals surface area contributed by atoms with Gasteiger partial charge < -0.3 is 21.9 Å². The van der Waals surface area contributed by atoms with E-state index in [-0.39, 0.29) is 59.6 Å². The topological polar surface area (TPSA) is 115 Å². The Labute approximate surface area is 112 Å². The molecule has 0 aliphatic carbocycles. The minimum Gasteiger partial charge on any atom is -1.00 e. The van der Waals surface area contributed by atoms with Crippen molar-refractivity contribution < 1.29 is 89.6 Å². The summed E-state index contributed by atoms with van der Waals surface area (Å²) in [4.78, 5) is 19.5. The van der Waals surface area contributed by atoms with E-state index in [1.54, 1.807) is 0 Å². The third-order valence-corrected chi connectivity index (χ3v) is 0.805. The Kier molecular flexibility index (Phi) is 8.02. The maximum Gasteiger partial charge on any atom is 1.00 e. The van der Waals surface area contributed by atoms with Gasteiger partial charge in [-0.3, -0.25) is 0 Å². The minimum atomic E-state index is -2.27. The van der Waals surface area contributed by atoms with Gasteiger partial charge in [0.1, 0.15) is 0 Å². The first-order chi connectivity index (χ1) is 4.46. The van der Waals surface area contributed by atoms with Gasteiger partial charge in [0.15, 0.2) is 12.2 Å². The first-order valence-electron chi connectivity index (χ1n) is 2.28. The summed E-state index contributed by atoms with van der Waals surface area (Å²) < 4.78 is 0. The van der Waals surface area contributed by atoms with Crippen LogP contribution in [0.1, 0.15) is 1.43 Å². The summed E-state index contributed by atoms with van der Waals surface area (Å²) in [5.41, 5.74) is 0. The zero-order valence-corrected chi connectivity index (χ0v) is 10.7. The third kappa shape index (κ3) is 4.99. The third-order valence-electron chi connectivity index (χ3n) is 0.805. The number of aliphatic carboxylic acids is 2. The molecule has 2 unspecified atom stereocenters. The molecule has 0 bridgehead atoms. The van der Waals surface area contributed by atoms with Crippen LogP contribution in [0.5, 0.6) is 0 Å². The molecule has 11 heavy (non-hydrogen) atoms. The van der Waals surface area contributed by atoms with E-state index < -0.39 is 24.1 Å². The maximum absolute atomic E-state index is 9.77. The molecule has 0 aromatic carbocycles. The maximum atomic E-state index is 9.77. The van der Waals surface area contributed by atoms with Gasteiger partial charge in [0.25, 0.3) is 0 Å². The van der Waals surface area contributed by atoms with Crippen molar-refractivity contribution in [3.63, 3.8) is 0 Å². The summed E-state index contributed by atoms with van der Waals surface area (Å²) in [6, 6.07) is 0. The van der Waals surface area contributed by atoms with E-state index in [1.165, 1.54) is 0 Å². The van der Waals surface area contributed by atoms with Gasteiger partial charge in [-0.25, -0.2) is 9.59 Å². The van der Waals surface area contributed by atoms with E-state index in [1.807, 2.05) is 0 Å². The monoisotopic (exact) mass is 236 g/mol. The van der Waals surface area contributed by atoms with E-state index in [9.17, 15) is 9.59 Å². The minimum absolute atomic E-state index is 0. The fraction of sp³-hybridized carbons (Fsp3) is 0.500. The summed E-state index contributed by atoms with van der Waals surface area (Å²) in [6.45, 7) is 0. The van der Waals surface area contributed by atoms with Crippen LogP contribution in [0.15, 0.2) is 0 Å². The van der Waals surface area contributed by atoms with Crippen LogP contribution in [-0.4, -0.2) is 44.6 Å². The molecule has 0 saturated heterocycles. The summed E-state index contributed by atoms with van der Waals surface area (Å²) >= 11 is 0. The van der Waals surface area contributed by atoms with Gasteiger partial charge in [0.05, 0.1) is 0 Å². The van der Waals surface area contributed by atoms with Crippen molar-refractivity contribution in [1.82, 2.24) is 0 Å². The zero-order valence-electron chi connectivity index (χ0n) is 6.76. The van der Waals surface area contributed by atoms with E-state index in [2.05, 4.69) is 0 Å². The fourth-order valence-electron chi connectivity index (χ4n) is 0.270. The number of hydrogen-bond donors (Lipinski definition) is 4. The van der Waals surface area contributed by atoms with Crippen molar-refractivity contribution in [3.05, 3.63) is 0 Å². The molecule has 0 aromatic rings. The normalized spacial score (nSPS) is 14.4. The number of rotatable bonds is 3. The Morgan fingerprint density at radius 3 is 1.27 bits per heavy atom. The zero-order chi connectivity index (χ0) is 8.31. The van der Waals surface area contributed by atoms with Crippen LogP contribution in [-0.2, 0) is 9.59 Å². The van der Waals surface area contributed by atoms with Gasteiger partial charge in [-0.1, -0.05) is 0 Å². The van der Waals surface area contributed by atoms with E-state index in [4.69, 9.17) is 20.4 Å². The Bertz CT molecular complexity index is 144. The van der Waals surface area contributed by atoms with Gasteiger partial charge in [0.2, 0.25) is 0 Å². The molecule has 0 spiro atoms. The van der Waals surface area contributed by atoms with Crippen molar-refractivity contribution in [2.75, 3.05) is 0 Å². The predicted octanol–water partition coefficient (Wildman–Crippen LogP) is -5.01. The predicted molar refractivity (Wildman–Crippen MR) is 28.4 cm³/mol. The molecule has 0 heterocycles. The van der Waals surface area contributed by atoms with Crippen LogP contribution < -0.4 is 58.2 Å². The fourth-order valence-corrected chi connectivity index (χ4v) is 0.270. The smallest absolute Gasteiger partial charge is 1.00 e. The summed E-state index contributed by atoms with van der Waals surface area (Å²) in [7, 11) is 0. The second kappa shape index (κ2) is 6.21. The van der Waals surface area contributed by atoms with Gasteiger partial charge in [-0.15, -0.1) is 0 Å². The van der Waals surface area contributed by atoms with Crippen LogP contribution in [0.4, 0.5) is 0 Å². The summed E-state index contributed by atoms with van der Waals surface area (Å²) in [6.07, 6.45) is -4.53. The molecular formula is C4H7O6Rb. The molecule has 4 N–H and O–H groups in total. The van der Waals surface area contributed by atoms with E-state index >= 15 is 0 Å². The van der Waals surface area contributed by atoms with Gasteiger partial charge in [-0.05, 0) is 0 Å². The van der Waals surface area contributed by atoms with Gasteiger partial charge in [0, 0.05) is 0 Å². The largest absolute Gasteiger partial charge is 1.00 e. The molecule has 0 amide bonds. The van der Waals surface area contributed by atoms with Crippen LogP contribution >= 0.6 is 0 Å². The van der Waals surface area contributed by atoms with Crippen LogP contribution in [0.25, 0.3) is 0 Å². The Morgan fingerprint density at radius 1 is 1.00 bits per heavy atom. The molecule has 7 heteroatoms. The van der Waals surface area contributed by atoms with E-state index in [0.29, 0.717) is 0 Å². The Morgan fingerprint density at radius 2 is 1.18 bits per heavy atom. The van der Waals surface area contributed by atoms with Crippen molar-refractivity contribution in [3.8, 4) is 0 Å². The standard InChI is InChI=1S/C4H6O6.Rb.H/c5-1(3(7)8)2(6)4(9)10;;/h1-2,5-6H,(H,7,8)(H,9,10);;/q;+1;-1. The van der Waals surface area contributed by atoms with E-state index in [0.717, 1.165) is 0 Å². The van der Waals surface area contributed by atoms with Crippen molar-refractivity contribution in [2.45, 2.75) is 12.2 Å². The first-order valence-corrected chi connectivity index (χ1v) is 2.28. The molecule has 0 saturated carbocycles. The molecule has 0 aliphatic heterocycles. The number of aliphatic hydroxyl groups excluding tert-OH is 2. The number of hydrogen-bond acceptors (Lipinski definition) is 4. The van der Waals surface area contributed by atoms with Crippen molar-refractivity contribution in [2.24, 2.45) is 0 Å². The quantitative estimate of drug-likeness (QED) is 0.390. The van der Waals surface area contributed by atoms with Crippen LogP contribution in [0.2, 0.25) is 0 Å². The van der Waals surface area contributed by atoms with Gasteiger partial charge in [-0.2, -0.15) is 0 Å². The van der Waals surface area contributed by atoms with Crippen LogP contribution in [0.3, 0.4) is 0 Å². The molecular weight excluding hydrogens is 230 g/mol. The Hall–Kier alpha value is 0.665. The SMILES string of the molecule is O=C(O)C(O)C(O)C(=O)O.[H-].[Rb+]. The molecule has 2 atom stereocenters. The Balaban J connectivity index is -0.000000405. The molecule has 0 radical (unpaired) electrons. The molecule has 0 aliphatic rings. The molecule has 0 aromatic heterocycles. The van der Waals surface area contributed by atoms with Crippen molar-refractivity contribution in [1.29, 1.82) is 0 Å². The number of carboxylic acid groups (broad SMARTS) is 2. The molecule has 0 rings (SSSR count). The van der Waals surface area contributed by atoms with Crippen molar-refractivity contribution >= 4 is 11.9 Å². The number of aliphatic hydroxyl groups is 2. The van der Waals surface area contributed by atoms with Gasteiger partial charge >= 0.3 is 70.1 Å². The summed E-state index contributed by atoms with van der Waals surface area (Å²) in [5.74, 6) is -3.54. The number of carboxylic acids is 2. The first kappa shape index (κ1) is 14.2. The van der Waals surface area contributed by atoms with Crippen LogP contribution in [0, 0.1) is 0 Å². The molecule has 6 nitrogen and oxygen atoms in total. The molecule has 0 fully saturated rings. The second-order valence-electron chi connectivity index (χ2n) is 1.57.